The van der Waals surface area contributed by atoms with Gasteiger partial charge in [0.1, 0.15) is 0 Å². The molecule has 1 unspecified atom stereocenters. The smallest absolute Gasteiger partial charge is 0.305 e. The van der Waals surface area contributed by atoms with Gasteiger partial charge in [-0.05, 0) is 25.0 Å². The Morgan fingerprint density at radius 1 is 1.20 bits per heavy atom. The lowest BCUT2D eigenvalue weighted by atomic mass is 10.2. The Kier molecular flexibility index (Phi) is 14.7. The number of nitrogens with one attached hydrogen (secondary N) is 2. The number of hydrogen-bond acceptors (Lipinski definition) is 4. The summed E-state index contributed by atoms with van der Waals surface area (Å²) in [5.41, 5.74) is 0. The molecule has 25 heavy (non-hydrogen) atoms. The predicted molar refractivity (Wildman–Crippen MR) is 117 cm³/mol. The lowest BCUT2D eigenvalue weighted by Gasteiger charge is -2.16. The molecule has 0 saturated carbocycles. The lowest BCUT2D eigenvalue weighted by Crippen LogP contribution is -2.40. The third kappa shape index (κ3) is 12.1. The molecule has 1 rings (SSSR count). The Morgan fingerprint density at radius 2 is 1.92 bits per heavy atom. The molecule has 1 aromatic rings. The molecule has 142 valence electrons. The molecule has 0 amide bonds. The van der Waals surface area contributed by atoms with E-state index < -0.39 is 0 Å². The SMILES string of the molecule is CN=C(NCCCCCC(=O)OC)NCC(C)Sc1ccccc1.I. The number of carbonyl (C=O) groups excluding carboxylic acids is 1. The summed E-state index contributed by atoms with van der Waals surface area (Å²) in [5, 5.41) is 7.11. The van der Waals surface area contributed by atoms with E-state index in [1.807, 2.05) is 17.8 Å². The molecule has 0 aromatic heterocycles. The number of nitrogens with zero attached hydrogens (tertiary/aromatic N) is 1. The van der Waals surface area contributed by atoms with E-state index in [2.05, 4.69) is 51.6 Å². The van der Waals surface area contributed by atoms with Crippen molar-refractivity contribution in [3.63, 3.8) is 0 Å². The van der Waals surface area contributed by atoms with Crippen molar-refractivity contribution >= 4 is 47.7 Å². The maximum Gasteiger partial charge on any atom is 0.305 e. The molecular formula is C18H30IN3O2S. The summed E-state index contributed by atoms with van der Waals surface area (Å²) in [7, 11) is 3.21. The maximum absolute atomic E-state index is 11.0. The number of esters is 1. The van der Waals surface area contributed by atoms with Gasteiger partial charge in [0.15, 0.2) is 5.96 Å². The van der Waals surface area contributed by atoms with Crippen LogP contribution in [0.4, 0.5) is 0 Å². The molecule has 0 aliphatic carbocycles. The molecule has 1 aromatic carbocycles. The van der Waals surface area contributed by atoms with Gasteiger partial charge in [-0.1, -0.05) is 31.5 Å². The summed E-state index contributed by atoms with van der Waals surface area (Å²) in [6.45, 7) is 3.90. The first-order valence-electron chi connectivity index (χ1n) is 8.38. The summed E-state index contributed by atoms with van der Waals surface area (Å²) in [6, 6.07) is 10.4. The molecular weight excluding hydrogens is 449 g/mol. The van der Waals surface area contributed by atoms with Gasteiger partial charge >= 0.3 is 5.97 Å². The van der Waals surface area contributed by atoms with Crippen LogP contribution in [0.5, 0.6) is 0 Å². The lowest BCUT2D eigenvalue weighted by molar-refractivity contribution is -0.140. The van der Waals surface area contributed by atoms with Crippen LogP contribution in [0, 0.1) is 0 Å². The fourth-order valence-electron chi connectivity index (χ4n) is 2.11. The number of guanidine groups is 1. The van der Waals surface area contributed by atoms with Gasteiger partial charge in [-0.15, -0.1) is 35.7 Å². The summed E-state index contributed by atoms with van der Waals surface area (Å²) in [4.78, 5) is 16.5. The number of rotatable bonds is 10. The number of hydrogen-bond donors (Lipinski definition) is 2. The first-order valence-corrected chi connectivity index (χ1v) is 9.26. The Morgan fingerprint density at radius 3 is 2.56 bits per heavy atom. The van der Waals surface area contributed by atoms with Gasteiger partial charge in [0.25, 0.3) is 0 Å². The average molecular weight is 479 g/mol. The van der Waals surface area contributed by atoms with Crippen molar-refractivity contribution in [2.75, 3.05) is 27.2 Å². The highest BCUT2D eigenvalue weighted by atomic mass is 127. The second-order valence-electron chi connectivity index (χ2n) is 5.51. The van der Waals surface area contributed by atoms with E-state index in [-0.39, 0.29) is 29.9 Å². The van der Waals surface area contributed by atoms with Gasteiger partial charge in [-0.2, -0.15) is 0 Å². The Bertz CT molecular complexity index is 500. The van der Waals surface area contributed by atoms with Crippen molar-refractivity contribution in [1.82, 2.24) is 10.6 Å². The number of unbranched alkanes of at least 4 members (excludes halogenated alkanes) is 2. The van der Waals surface area contributed by atoms with E-state index in [1.165, 1.54) is 12.0 Å². The van der Waals surface area contributed by atoms with Gasteiger partial charge in [-0.3, -0.25) is 9.79 Å². The zero-order valence-corrected chi connectivity index (χ0v) is 18.4. The summed E-state index contributed by atoms with van der Waals surface area (Å²) >= 11 is 1.85. The third-order valence-electron chi connectivity index (χ3n) is 3.44. The Balaban J connectivity index is 0.00000576. The van der Waals surface area contributed by atoms with Crippen LogP contribution in [0.25, 0.3) is 0 Å². The minimum absolute atomic E-state index is 0. The van der Waals surface area contributed by atoms with Crippen molar-refractivity contribution in [2.24, 2.45) is 4.99 Å². The molecule has 0 aliphatic rings. The molecule has 0 spiro atoms. The predicted octanol–water partition coefficient (Wildman–Crippen LogP) is 3.68. The van der Waals surface area contributed by atoms with Crippen LogP contribution in [0.2, 0.25) is 0 Å². The van der Waals surface area contributed by atoms with Gasteiger partial charge < -0.3 is 15.4 Å². The molecule has 0 aliphatic heterocycles. The van der Waals surface area contributed by atoms with Gasteiger partial charge in [0.05, 0.1) is 7.11 Å². The van der Waals surface area contributed by atoms with Crippen molar-refractivity contribution in [3.8, 4) is 0 Å². The van der Waals surface area contributed by atoms with Gasteiger partial charge in [0, 0.05) is 36.7 Å². The van der Waals surface area contributed by atoms with E-state index >= 15 is 0 Å². The van der Waals surface area contributed by atoms with Crippen molar-refractivity contribution < 1.29 is 9.53 Å². The van der Waals surface area contributed by atoms with Gasteiger partial charge in [-0.25, -0.2) is 0 Å². The van der Waals surface area contributed by atoms with Crippen molar-refractivity contribution in [2.45, 2.75) is 42.8 Å². The monoisotopic (exact) mass is 479 g/mol. The largest absolute Gasteiger partial charge is 0.469 e. The Hall–Kier alpha value is -0.960. The fraction of sp³-hybridized carbons (Fsp3) is 0.556. The van der Waals surface area contributed by atoms with Crippen LogP contribution in [-0.2, 0) is 9.53 Å². The molecule has 0 fully saturated rings. The van der Waals surface area contributed by atoms with Crippen LogP contribution in [0.1, 0.15) is 32.6 Å². The van der Waals surface area contributed by atoms with E-state index in [0.29, 0.717) is 11.7 Å². The first-order chi connectivity index (χ1) is 11.7. The minimum Gasteiger partial charge on any atom is -0.469 e. The average Bonchev–Trinajstić information content (AvgIpc) is 2.61. The summed E-state index contributed by atoms with van der Waals surface area (Å²) in [6.07, 6.45) is 3.37. The highest BCUT2D eigenvalue weighted by molar-refractivity contribution is 14.0. The molecule has 0 saturated heterocycles. The zero-order chi connectivity index (χ0) is 17.6. The number of thioether (sulfide) groups is 1. The molecule has 5 nitrogen and oxygen atoms in total. The topological polar surface area (TPSA) is 62.7 Å². The van der Waals surface area contributed by atoms with Gasteiger partial charge in [0.2, 0.25) is 0 Å². The highest BCUT2D eigenvalue weighted by Crippen LogP contribution is 2.21. The normalized spacial score (nSPS) is 12.0. The summed E-state index contributed by atoms with van der Waals surface area (Å²) < 4.78 is 4.62. The number of methoxy groups -OCH3 is 1. The van der Waals surface area contributed by atoms with E-state index in [9.17, 15) is 4.79 Å². The molecule has 0 heterocycles. The third-order valence-corrected chi connectivity index (χ3v) is 4.55. The van der Waals surface area contributed by atoms with Crippen molar-refractivity contribution in [1.29, 1.82) is 0 Å². The number of ether oxygens (including phenoxy) is 1. The van der Waals surface area contributed by atoms with Crippen molar-refractivity contribution in [3.05, 3.63) is 30.3 Å². The summed E-state index contributed by atoms with van der Waals surface area (Å²) in [5.74, 6) is 0.689. The number of aliphatic imine (C=N–C) groups is 1. The molecule has 2 N–H and O–H groups in total. The molecule has 7 heteroatoms. The van der Waals surface area contributed by atoms with Crippen LogP contribution < -0.4 is 10.6 Å². The number of halogens is 1. The number of carbonyl (C=O) groups is 1. The van der Waals surface area contributed by atoms with Crippen LogP contribution >= 0.6 is 35.7 Å². The number of benzene rings is 1. The van der Waals surface area contributed by atoms with Crippen LogP contribution in [0.3, 0.4) is 0 Å². The first kappa shape index (κ1) is 24.0. The fourth-order valence-corrected chi connectivity index (χ4v) is 3.06. The van der Waals surface area contributed by atoms with E-state index in [0.717, 1.165) is 38.3 Å². The Labute approximate surface area is 172 Å². The quantitative estimate of drug-likeness (QED) is 0.134. The highest BCUT2D eigenvalue weighted by Gasteiger charge is 2.05. The van der Waals surface area contributed by atoms with E-state index in [4.69, 9.17) is 0 Å². The van der Waals surface area contributed by atoms with Crippen LogP contribution in [-0.4, -0.2) is 44.4 Å². The molecule has 1 atom stereocenters. The molecule has 0 radical (unpaired) electrons. The van der Waals surface area contributed by atoms with E-state index in [1.54, 1.807) is 7.05 Å². The molecule has 0 bridgehead atoms. The minimum atomic E-state index is -0.134. The van der Waals surface area contributed by atoms with Crippen LogP contribution in [0.15, 0.2) is 40.2 Å². The second-order valence-corrected chi connectivity index (χ2v) is 7.02. The zero-order valence-electron chi connectivity index (χ0n) is 15.3. The second kappa shape index (κ2) is 15.3. The standard InChI is InChI=1S/C18H29N3O2S.HI/c1-15(24-16-10-6-4-7-11-16)14-21-18(19-2)20-13-9-5-8-12-17(22)23-3;/h4,6-7,10-11,15H,5,8-9,12-14H2,1-3H3,(H2,19,20,21);1H. The maximum atomic E-state index is 11.0.